The van der Waals surface area contributed by atoms with Crippen molar-refractivity contribution in [2.45, 2.75) is 12.6 Å². The van der Waals surface area contributed by atoms with Gasteiger partial charge in [-0.25, -0.2) is 14.1 Å². The first-order chi connectivity index (χ1) is 13.1. The number of nitrogens with zero attached hydrogens (tertiary/aromatic N) is 5. The number of rotatable bonds is 5. The van der Waals surface area contributed by atoms with Crippen LogP contribution in [0.2, 0.25) is 0 Å². The van der Waals surface area contributed by atoms with Crippen molar-refractivity contribution in [3.63, 3.8) is 0 Å². The molecule has 0 aliphatic heterocycles. The summed E-state index contributed by atoms with van der Waals surface area (Å²) in [5.74, 6) is -0.0384. The van der Waals surface area contributed by atoms with Crippen molar-refractivity contribution in [1.82, 2.24) is 29.9 Å². The van der Waals surface area contributed by atoms with Crippen molar-refractivity contribution in [3.8, 4) is 0 Å². The van der Waals surface area contributed by atoms with Crippen LogP contribution in [-0.2, 0) is 18.4 Å². The summed E-state index contributed by atoms with van der Waals surface area (Å²) in [6.45, 7) is -0.00322. The van der Waals surface area contributed by atoms with Crippen molar-refractivity contribution in [1.29, 1.82) is 0 Å². The molecule has 2 heterocycles. The van der Waals surface area contributed by atoms with E-state index in [-0.39, 0.29) is 18.3 Å². The number of halogens is 1. The van der Waals surface area contributed by atoms with Crippen LogP contribution in [0.4, 0.5) is 4.39 Å². The van der Waals surface area contributed by atoms with Crippen molar-refractivity contribution in [2.24, 2.45) is 7.05 Å². The minimum absolute atomic E-state index is 0.00322. The van der Waals surface area contributed by atoms with Crippen LogP contribution in [0.3, 0.4) is 0 Å². The molecule has 136 valence electrons. The van der Waals surface area contributed by atoms with Gasteiger partial charge in [0.15, 0.2) is 0 Å². The number of imidazole rings is 1. The Labute approximate surface area is 154 Å². The first kappa shape index (κ1) is 16.9. The number of aromatic nitrogens is 5. The van der Waals surface area contributed by atoms with Gasteiger partial charge in [-0.05, 0) is 29.8 Å². The Hall–Kier alpha value is -3.55. The van der Waals surface area contributed by atoms with Gasteiger partial charge in [-0.1, -0.05) is 29.5 Å². The number of carbonyl (C=O) groups excluding carboxylic acids is 1. The van der Waals surface area contributed by atoms with Crippen LogP contribution in [-0.4, -0.2) is 30.5 Å². The van der Waals surface area contributed by atoms with E-state index in [1.54, 1.807) is 29.1 Å². The summed E-state index contributed by atoms with van der Waals surface area (Å²) in [6.07, 6.45) is 3.41. The maximum atomic E-state index is 13.7. The average Bonchev–Trinajstić information content (AvgIpc) is 3.26. The predicted molar refractivity (Wildman–Crippen MR) is 97.1 cm³/mol. The van der Waals surface area contributed by atoms with Crippen LogP contribution < -0.4 is 5.32 Å². The molecule has 1 N–H and O–H groups in total. The van der Waals surface area contributed by atoms with E-state index in [0.717, 1.165) is 11.0 Å². The molecule has 27 heavy (non-hydrogen) atoms. The molecule has 1 atom stereocenters. The van der Waals surface area contributed by atoms with Crippen LogP contribution in [0.5, 0.6) is 0 Å². The molecule has 7 nitrogen and oxygen atoms in total. The molecule has 0 fully saturated rings. The van der Waals surface area contributed by atoms with E-state index in [1.165, 1.54) is 16.8 Å². The van der Waals surface area contributed by atoms with Gasteiger partial charge in [-0.15, -0.1) is 5.10 Å². The smallest absolute Gasteiger partial charge is 0.242 e. The molecule has 1 amide bonds. The standard InChI is InChI=1S/C19H17FN6O/c1-25-10-9-21-19(25)18(13-5-4-6-14(20)11-13)22-17(27)12-26-16-8-3-2-7-15(16)23-24-26/h2-11,18H,12H2,1H3,(H,22,27)/t18-/m1/s1. The van der Waals surface area contributed by atoms with Crippen LogP contribution >= 0.6 is 0 Å². The Bertz CT molecular complexity index is 1100. The van der Waals surface area contributed by atoms with Crippen LogP contribution in [0.15, 0.2) is 60.9 Å². The number of hydrogen-bond acceptors (Lipinski definition) is 4. The molecule has 0 saturated heterocycles. The molecule has 2 aromatic carbocycles. The molecular weight excluding hydrogens is 347 g/mol. The SMILES string of the molecule is Cn1ccnc1[C@H](NC(=O)Cn1nnc2ccccc21)c1cccc(F)c1. The lowest BCUT2D eigenvalue weighted by atomic mass is 10.1. The summed E-state index contributed by atoms with van der Waals surface area (Å²) in [4.78, 5) is 17.0. The van der Waals surface area contributed by atoms with Gasteiger partial charge in [0.2, 0.25) is 5.91 Å². The van der Waals surface area contributed by atoms with Gasteiger partial charge in [0, 0.05) is 19.4 Å². The normalized spacial score (nSPS) is 12.2. The lowest BCUT2D eigenvalue weighted by Crippen LogP contribution is -2.34. The van der Waals surface area contributed by atoms with Crippen LogP contribution in [0.1, 0.15) is 17.4 Å². The maximum absolute atomic E-state index is 13.7. The zero-order valence-electron chi connectivity index (χ0n) is 14.6. The van der Waals surface area contributed by atoms with Gasteiger partial charge in [0.1, 0.15) is 29.7 Å². The molecule has 0 bridgehead atoms. The number of para-hydroxylation sites is 1. The van der Waals surface area contributed by atoms with E-state index in [2.05, 4.69) is 20.6 Å². The second-order valence-corrected chi connectivity index (χ2v) is 6.19. The summed E-state index contributed by atoms with van der Waals surface area (Å²) >= 11 is 0. The second-order valence-electron chi connectivity index (χ2n) is 6.19. The number of nitrogens with one attached hydrogen (secondary N) is 1. The largest absolute Gasteiger partial charge is 0.340 e. The number of amides is 1. The first-order valence-corrected chi connectivity index (χ1v) is 8.42. The van der Waals surface area contributed by atoms with Gasteiger partial charge in [-0.3, -0.25) is 4.79 Å². The molecule has 0 spiro atoms. The summed E-state index contributed by atoms with van der Waals surface area (Å²) in [5, 5.41) is 11.0. The second kappa shape index (κ2) is 6.99. The lowest BCUT2D eigenvalue weighted by molar-refractivity contribution is -0.122. The molecule has 4 aromatic rings. The fraction of sp³-hybridized carbons (Fsp3) is 0.158. The summed E-state index contributed by atoms with van der Waals surface area (Å²) in [5.41, 5.74) is 2.10. The highest BCUT2D eigenvalue weighted by molar-refractivity contribution is 5.80. The first-order valence-electron chi connectivity index (χ1n) is 8.42. The summed E-state index contributed by atoms with van der Waals surface area (Å²) in [7, 11) is 1.83. The molecule has 2 aromatic heterocycles. The van der Waals surface area contributed by atoms with Crippen molar-refractivity contribution in [3.05, 3.63) is 78.1 Å². The molecule has 0 aliphatic carbocycles. The molecular formula is C19H17FN6O. The van der Waals surface area contributed by atoms with Gasteiger partial charge in [0.05, 0.1) is 5.52 Å². The highest BCUT2D eigenvalue weighted by Crippen LogP contribution is 2.21. The number of carbonyl (C=O) groups is 1. The Morgan fingerprint density at radius 1 is 1.22 bits per heavy atom. The fourth-order valence-corrected chi connectivity index (χ4v) is 3.02. The number of fused-ring (bicyclic) bond motifs is 1. The summed E-state index contributed by atoms with van der Waals surface area (Å²) < 4.78 is 17.1. The minimum atomic E-state index is -0.581. The minimum Gasteiger partial charge on any atom is -0.340 e. The van der Waals surface area contributed by atoms with Gasteiger partial charge >= 0.3 is 0 Å². The number of aryl methyl sites for hydroxylation is 1. The van der Waals surface area contributed by atoms with Crippen molar-refractivity contribution in [2.75, 3.05) is 0 Å². The van der Waals surface area contributed by atoms with Crippen LogP contribution in [0, 0.1) is 5.82 Å². The predicted octanol–water partition coefficient (Wildman–Crippen LogP) is 2.21. The van der Waals surface area contributed by atoms with Gasteiger partial charge in [0.25, 0.3) is 0 Å². The average molecular weight is 364 g/mol. The van der Waals surface area contributed by atoms with E-state index < -0.39 is 6.04 Å². The zero-order chi connectivity index (χ0) is 18.8. The van der Waals surface area contributed by atoms with Gasteiger partial charge < -0.3 is 9.88 Å². The highest BCUT2D eigenvalue weighted by atomic mass is 19.1. The lowest BCUT2D eigenvalue weighted by Gasteiger charge is -2.19. The Morgan fingerprint density at radius 2 is 2.07 bits per heavy atom. The Balaban J connectivity index is 1.61. The number of benzene rings is 2. The van der Waals surface area contributed by atoms with Gasteiger partial charge in [-0.2, -0.15) is 0 Å². The van der Waals surface area contributed by atoms with E-state index in [4.69, 9.17) is 0 Å². The highest BCUT2D eigenvalue weighted by Gasteiger charge is 2.22. The van der Waals surface area contributed by atoms with Crippen molar-refractivity contribution < 1.29 is 9.18 Å². The molecule has 0 aliphatic rings. The molecule has 0 radical (unpaired) electrons. The topological polar surface area (TPSA) is 77.6 Å². The fourth-order valence-electron chi connectivity index (χ4n) is 3.02. The van der Waals surface area contributed by atoms with E-state index in [1.807, 2.05) is 31.3 Å². The van der Waals surface area contributed by atoms with E-state index >= 15 is 0 Å². The summed E-state index contributed by atoms with van der Waals surface area (Å²) in [6, 6.07) is 13.0. The molecule has 4 rings (SSSR count). The third-order valence-electron chi connectivity index (χ3n) is 4.32. The van der Waals surface area contributed by atoms with E-state index in [0.29, 0.717) is 11.4 Å². The van der Waals surface area contributed by atoms with Crippen LogP contribution in [0.25, 0.3) is 11.0 Å². The molecule has 8 heteroatoms. The monoisotopic (exact) mass is 364 g/mol. The van der Waals surface area contributed by atoms with E-state index in [9.17, 15) is 9.18 Å². The zero-order valence-corrected chi connectivity index (χ0v) is 14.6. The Morgan fingerprint density at radius 3 is 2.85 bits per heavy atom. The molecule has 0 unspecified atom stereocenters. The third kappa shape index (κ3) is 3.41. The third-order valence-corrected chi connectivity index (χ3v) is 4.32. The Kier molecular flexibility index (Phi) is 4.37. The molecule has 0 saturated carbocycles. The van der Waals surface area contributed by atoms with Crippen molar-refractivity contribution >= 4 is 16.9 Å². The quantitative estimate of drug-likeness (QED) is 0.589. The number of hydrogen-bond donors (Lipinski definition) is 1. The maximum Gasteiger partial charge on any atom is 0.242 e.